The number of aromatic nitrogens is 3. The molecule has 18 heavy (non-hydrogen) atoms. The van der Waals surface area contributed by atoms with Crippen LogP contribution in [0.3, 0.4) is 0 Å². The minimum absolute atomic E-state index is 0.0242. The van der Waals surface area contributed by atoms with Crippen molar-refractivity contribution in [3.63, 3.8) is 0 Å². The Labute approximate surface area is 103 Å². The molecule has 0 atom stereocenters. The van der Waals surface area contributed by atoms with Gasteiger partial charge in [-0.2, -0.15) is 0 Å². The first-order valence-electron chi connectivity index (χ1n) is 5.42. The molecule has 1 N–H and O–H groups in total. The minimum atomic E-state index is -0.885. The summed E-state index contributed by atoms with van der Waals surface area (Å²) in [6.45, 7) is 0.382. The first-order valence-corrected chi connectivity index (χ1v) is 5.42. The Bertz CT molecular complexity index is 560. The van der Waals surface area contributed by atoms with E-state index in [4.69, 9.17) is 5.11 Å². The molecule has 0 unspecified atom stereocenters. The molecule has 0 spiro atoms. The fraction of sp³-hybridized carbons (Fsp3) is 0.600. The number of carbonyl (C=O) groups is 1. The Hall–Kier alpha value is -2.12. The Kier molecular flexibility index (Phi) is 4.24. The molecule has 0 saturated heterocycles. The predicted octanol–water partition coefficient (Wildman–Crippen LogP) is -1.22. The van der Waals surface area contributed by atoms with Crippen LogP contribution in [0.15, 0.2) is 9.59 Å². The zero-order valence-corrected chi connectivity index (χ0v) is 10.6. The van der Waals surface area contributed by atoms with Crippen LogP contribution in [-0.4, -0.2) is 39.0 Å². The van der Waals surface area contributed by atoms with E-state index in [-0.39, 0.29) is 12.2 Å². The molecule has 0 amide bonds. The van der Waals surface area contributed by atoms with Crippen molar-refractivity contribution in [3.8, 4) is 0 Å². The number of anilines is 1. The second-order valence-corrected chi connectivity index (χ2v) is 4.01. The van der Waals surface area contributed by atoms with Gasteiger partial charge in [-0.25, -0.2) is 9.48 Å². The van der Waals surface area contributed by atoms with Gasteiger partial charge >= 0.3 is 11.7 Å². The maximum absolute atomic E-state index is 11.8. The van der Waals surface area contributed by atoms with Gasteiger partial charge in [0, 0.05) is 34.1 Å². The van der Waals surface area contributed by atoms with Gasteiger partial charge in [-0.1, -0.05) is 0 Å². The van der Waals surface area contributed by atoms with Gasteiger partial charge < -0.3 is 10.0 Å². The third kappa shape index (κ3) is 2.96. The van der Waals surface area contributed by atoms with E-state index >= 15 is 0 Å². The molecule has 1 heterocycles. The highest BCUT2D eigenvalue weighted by molar-refractivity contribution is 5.66. The molecule has 1 aromatic rings. The van der Waals surface area contributed by atoms with Gasteiger partial charge in [0.05, 0.1) is 0 Å². The summed E-state index contributed by atoms with van der Waals surface area (Å²) in [7, 11) is 4.47. The maximum atomic E-state index is 11.8. The molecule has 0 bridgehead atoms. The lowest BCUT2D eigenvalue weighted by molar-refractivity contribution is -0.137. The summed E-state index contributed by atoms with van der Waals surface area (Å²) >= 11 is 0. The number of hydrogen-bond donors (Lipinski definition) is 1. The van der Waals surface area contributed by atoms with Gasteiger partial charge in [-0.05, 0) is 6.42 Å². The van der Waals surface area contributed by atoms with Crippen LogP contribution in [0.25, 0.3) is 0 Å². The predicted molar refractivity (Wildman–Crippen MR) is 64.9 cm³/mol. The van der Waals surface area contributed by atoms with Crippen LogP contribution < -0.4 is 16.1 Å². The van der Waals surface area contributed by atoms with Crippen molar-refractivity contribution in [2.24, 2.45) is 14.1 Å². The zero-order chi connectivity index (χ0) is 13.9. The fourth-order valence-electron chi connectivity index (χ4n) is 1.49. The monoisotopic (exact) mass is 256 g/mol. The van der Waals surface area contributed by atoms with E-state index in [2.05, 4.69) is 5.10 Å². The lowest BCUT2D eigenvalue weighted by Crippen LogP contribution is -2.42. The number of aliphatic carboxylic acids is 1. The van der Waals surface area contributed by atoms with Gasteiger partial charge in [-0.15, -0.1) is 5.10 Å². The molecular weight excluding hydrogens is 240 g/mol. The van der Waals surface area contributed by atoms with Crippen LogP contribution in [0.1, 0.15) is 12.8 Å². The van der Waals surface area contributed by atoms with E-state index in [0.717, 1.165) is 9.25 Å². The maximum Gasteiger partial charge on any atom is 0.346 e. The second-order valence-electron chi connectivity index (χ2n) is 4.01. The average molecular weight is 256 g/mol. The Morgan fingerprint density at radius 1 is 1.39 bits per heavy atom. The van der Waals surface area contributed by atoms with E-state index in [1.54, 1.807) is 11.9 Å². The van der Waals surface area contributed by atoms with Crippen LogP contribution in [-0.2, 0) is 18.9 Å². The summed E-state index contributed by atoms with van der Waals surface area (Å²) in [4.78, 5) is 35.2. The fourth-order valence-corrected chi connectivity index (χ4v) is 1.49. The van der Waals surface area contributed by atoms with Crippen molar-refractivity contribution in [2.45, 2.75) is 12.8 Å². The summed E-state index contributed by atoms with van der Waals surface area (Å²) in [5.41, 5.74) is -0.987. The van der Waals surface area contributed by atoms with E-state index < -0.39 is 17.2 Å². The highest BCUT2D eigenvalue weighted by Gasteiger charge is 2.13. The van der Waals surface area contributed by atoms with Crippen LogP contribution in [0, 0.1) is 0 Å². The van der Waals surface area contributed by atoms with Crippen LogP contribution >= 0.6 is 0 Å². The quantitative estimate of drug-likeness (QED) is 0.709. The van der Waals surface area contributed by atoms with E-state index in [9.17, 15) is 14.4 Å². The normalized spacial score (nSPS) is 10.4. The van der Waals surface area contributed by atoms with E-state index in [1.807, 2.05) is 0 Å². The molecule has 1 rings (SSSR count). The number of nitrogens with zero attached hydrogens (tertiary/aromatic N) is 4. The summed E-state index contributed by atoms with van der Waals surface area (Å²) in [6, 6.07) is 0. The van der Waals surface area contributed by atoms with Crippen molar-refractivity contribution in [2.75, 3.05) is 18.5 Å². The number of hydrogen-bond acceptors (Lipinski definition) is 5. The molecule has 0 aliphatic carbocycles. The highest BCUT2D eigenvalue weighted by atomic mass is 16.4. The number of carboxylic acids is 1. The smallest absolute Gasteiger partial charge is 0.346 e. The summed E-state index contributed by atoms with van der Waals surface area (Å²) in [5, 5.41) is 12.4. The number of rotatable bonds is 5. The van der Waals surface area contributed by atoms with Crippen molar-refractivity contribution in [3.05, 3.63) is 20.8 Å². The van der Waals surface area contributed by atoms with E-state index in [1.165, 1.54) is 14.1 Å². The molecular formula is C10H16N4O4. The molecule has 8 nitrogen and oxygen atoms in total. The first kappa shape index (κ1) is 13.9. The molecule has 0 saturated carbocycles. The molecule has 0 aromatic carbocycles. The second kappa shape index (κ2) is 5.48. The van der Waals surface area contributed by atoms with Gasteiger partial charge in [-0.3, -0.25) is 14.2 Å². The molecule has 100 valence electrons. The standard InChI is InChI=1S/C10H16N4O4/c1-12(6-4-5-7(15)16)8-9(17)13(2)10(18)14(3)11-8/h4-6H2,1-3H3,(H,15,16). The average Bonchev–Trinajstić information content (AvgIpc) is 2.30. The van der Waals surface area contributed by atoms with Crippen molar-refractivity contribution >= 4 is 11.8 Å². The van der Waals surface area contributed by atoms with Crippen molar-refractivity contribution in [1.29, 1.82) is 0 Å². The lowest BCUT2D eigenvalue weighted by atomic mass is 10.3. The van der Waals surface area contributed by atoms with Gasteiger partial charge in [0.15, 0.2) is 0 Å². The van der Waals surface area contributed by atoms with E-state index in [0.29, 0.717) is 13.0 Å². The molecule has 0 aliphatic rings. The molecule has 1 aromatic heterocycles. The summed E-state index contributed by atoms with van der Waals surface area (Å²) < 4.78 is 2.04. The largest absolute Gasteiger partial charge is 0.481 e. The lowest BCUT2D eigenvalue weighted by Gasteiger charge is -2.17. The van der Waals surface area contributed by atoms with Crippen LogP contribution in [0.2, 0.25) is 0 Å². The third-order valence-corrected chi connectivity index (χ3v) is 2.55. The number of carboxylic acid groups (broad SMARTS) is 1. The number of aryl methyl sites for hydroxylation is 1. The van der Waals surface area contributed by atoms with Crippen LogP contribution in [0.5, 0.6) is 0 Å². The van der Waals surface area contributed by atoms with Crippen molar-refractivity contribution < 1.29 is 9.90 Å². The summed E-state index contributed by atoms with van der Waals surface area (Å²) in [6.07, 6.45) is 0.427. The van der Waals surface area contributed by atoms with Gasteiger partial charge in [0.2, 0.25) is 5.82 Å². The van der Waals surface area contributed by atoms with Crippen molar-refractivity contribution in [1.82, 2.24) is 14.3 Å². The van der Waals surface area contributed by atoms with Gasteiger partial charge in [0.1, 0.15) is 0 Å². The highest BCUT2D eigenvalue weighted by Crippen LogP contribution is 2.01. The van der Waals surface area contributed by atoms with Gasteiger partial charge in [0.25, 0.3) is 5.56 Å². The molecule has 0 aliphatic heterocycles. The van der Waals surface area contributed by atoms with Crippen LogP contribution in [0.4, 0.5) is 5.82 Å². The topological polar surface area (TPSA) is 97.4 Å². The third-order valence-electron chi connectivity index (χ3n) is 2.55. The Morgan fingerprint density at radius 2 is 2.00 bits per heavy atom. The molecule has 8 heteroatoms. The molecule has 0 radical (unpaired) electrons. The summed E-state index contributed by atoms with van der Waals surface area (Å²) in [5.74, 6) is -0.755. The zero-order valence-electron chi connectivity index (χ0n) is 10.6. The minimum Gasteiger partial charge on any atom is -0.481 e. The SMILES string of the molecule is CN(CCCC(=O)O)c1nn(C)c(=O)n(C)c1=O. The molecule has 0 fully saturated rings. The Balaban J connectivity index is 2.93. The first-order chi connectivity index (χ1) is 8.34. The Morgan fingerprint density at radius 3 is 2.56 bits per heavy atom.